The van der Waals surface area contributed by atoms with Crippen molar-refractivity contribution >= 4 is 11.9 Å². The highest BCUT2D eigenvalue weighted by Gasteiger charge is 2.16. The lowest BCUT2D eigenvalue weighted by Gasteiger charge is -2.15. The summed E-state index contributed by atoms with van der Waals surface area (Å²) in [4.78, 5) is 24.2. The molecule has 5 heteroatoms. The Morgan fingerprint density at radius 2 is 0.705 bits per heavy atom. The predicted octanol–water partition coefficient (Wildman–Crippen LogP) is 12.0. The third-order valence-electron chi connectivity index (χ3n) is 8.90. The maximum Gasteiger partial charge on any atom is 0.306 e. The van der Waals surface area contributed by atoms with E-state index in [1.807, 2.05) is 0 Å². The van der Waals surface area contributed by atoms with Gasteiger partial charge in [-0.05, 0) is 12.8 Å². The lowest BCUT2D eigenvalue weighted by molar-refractivity contribution is -0.161. The van der Waals surface area contributed by atoms with E-state index in [1.54, 1.807) is 0 Å². The second-order valence-corrected chi connectivity index (χ2v) is 13.4. The van der Waals surface area contributed by atoms with Gasteiger partial charge in [0.1, 0.15) is 6.61 Å². The monoisotopic (exact) mass is 625 g/mol. The molecule has 1 unspecified atom stereocenters. The van der Waals surface area contributed by atoms with Crippen molar-refractivity contribution in [1.82, 2.24) is 0 Å². The number of ether oxygens (including phenoxy) is 2. The second kappa shape index (κ2) is 36.4. The molecule has 0 aliphatic carbocycles. The number of hydrogen-bond donors (Lipinski definition) is 1. The molecule has 0 amide bonds. The summed E-state index contributed by atoms with van der Waals surface area (Å²) in [5.74, 6) is -0.576. The van der Waals surface area contributed by atoms with Gasteiger partial charge < -0.3 is 14.6 Å². The molecule has 0 saturated heterocycles. The third-order valence-corrected chi connectivity index (χ3v) is 8.90. The third kappa shape index (κ3) is 33.8. The molecule has 0 spiro atoms. The lowest BCUT2D eigenvalue weighted by atomic mass is 10.0. The van der Waals surface area contributed by atoms with Crippen LogP contribution in [0.4, 0.5) is 0 Å². The summed E-state index contributed by atoms with van der Waals surface area (Å²) in [7, 11) is 0. The number of rotatable bonds is 36. The first kappa shape index (κ1) is 42.9. The molecular formula is C39H76O5. The summed E-state index contributed by atoms with van der Waals surface area (Å²) in [5.41, 5.74) is 0. The van der Waals surface area contributed by atoms with E-state index >= 15 is 0 Å². The number of hydrogen-bond acceptors (Lipinski definition) is 5. The highest BCUT2D eigenvalue weighted by atomic mass is 16.6. The van der Waals surface area contributed by atoms with Crippen LogP contribution in [-0.4, -0.2) is 36.4 Å². The minimum absolute atomic E-state index is 0.0571. The average Bonchev–Trinajstić information content (AvgIpc) is 3.02. The molecule has 0 aliphatic heterocycles. The van der Waals surface area contributed by atoms with E-state index in [-0.39, 0.29) is 25.2 Å². The van der Waals surface area contributed by atoms with Crippen molar-refractivity contribution in [2.45, 2.75) is 225 Å². The summed E-state index contributed by atoms with van der Waals surface area (Å²) < 4.78 is 10.6. The van der Waals surface area contributed by atoms with Gasteiger partial charge in [-0.3, -0.25) is 9.59 Å². The minimum atomic E-state index is -0.760. The highest BCUT2D eigenvalue weighted by Crippen LogP contribution is 2.16. The van der Waals surface area contributed by atoms with Crippen molar-refractivity contribution in [3.8, 4) is 0 Å². The maximum absolute atomic E-state index is 12.2. The number of carbonyl (C=O) groups excluding carboxylic acids is 2. The van der Waals surface area contributed by atoms with E-state index < -0.39 is 6.10 Å². The van der Waals surface area contributed by atoms with Crippen LogP contribution in [0.3, 0.4) is 0 Å². The van der Waals surface area contributed by atoms with Gasteiger partial charge in [0.05, 0.1) is 6.61 Å². The predicted molar refractivity (Wildman–Crippen MR) is 187 cm³/mol. The summed E-state index contributed by atoms with van der Waals surface area (Å²) in [6.45, 7) is 4.16. The molecule has 0 saturated carbocycles. The molecule has 1 atom stereocenters. The molecule has 0 bridgehead atoms. The molecule has 0 aromatic carbocycles. The van der Waals surface area contributed by atoms with Crippen molar-refractivity contribution in [1.29, 1.82) is 0 Å². The van der Waals surface area contributed by atoms with Crippen LogP contribution < -0.4 is 0 Å². The molecule has 0 heterocycles. The minimum Gasteiger partial charge on any atom is -0.462 e. The van der Waals surface area contributed by atoms with Crippen LogP contribution in [0.2, 0.25) is 0 Å². The van der Waals surface area contributed by atoms with E-state index in [9.17, 15) is 14.7 Å². The summed E-state index contributed by atoms with van der Waals surface area (Å²) in [5, 5.41) is 9.54. The smallest absolute Gasteiger partial charge is 0.306 e. The first-order valence-electron chi connectivity index (χ1n) is 19.6. The Labute approximate surface area is 274 Å². The fourth-order valence-corrected chi connectivity index (χ4v) is 5.91. The Hall–Kier alpha value is -1.10. The number of aliphatic hydroxyl groups is 1. The molecule has 0 radical (unpaired) electrons. The molecule has 0 aromatic rings. The van der Waals surface area contributed by atoms with Crippen molar-refractivity contribution in [2.24, 2.45) is 0 Å². The fourth-order valence-electron chi connectivity index (χ4n) is 5.91. The molecule has 262 valence electrons. The van der Waals surface area contributed by atoms with Crippen LogP contribution in [-0.2, 0) is 19.1 Å². The zero-order valence-electron chi connectivity index (χ0n) is 29.7. The topological polar surface area (TPSA) is 72.8 Å². The Morgan fingerprint density at radius 3 is 1.00 bits per heavy atom. The van der Waals surface area contributed by atoms with Gasteiger partial charge in [-0.1, -0.05) is 194 Å². The first-order valence-corrected chi connectivity index (χ1v) is 19.6. The Kier molecular flexibility index (Phi) is 35.5. The summed E-state index contributed by atoms with van der Waals surface area (Å²) in [6, 6.07) is 0. The van der Waals surface area contributed by atoms with Gasteiger partial charge in [0.15, 0.2) is 6.10 Å². The van der Waals surface area contributed by atoms with Crippen LogP contribution in [0.15, 0.2) is 0 Å². The Balaban J connectivity index is 3.48. The molecular weight excluding hydrogens is 548 g/mol. The molecule has 44 heavy (non-hydrogen) atoms. The van der Waals surface area contributed by atoms with Crippen LogP contribution >= 0.6 is 0 Å². The molecule has 1 N–H and O–H groups in total. The SMILES string of the molecule is CCCCCCCCCCCCCCCCCCCCC(=O)OC(CO)COC(=O)CCCCCCCCCCCCCC. The molecule has 0 fully saturated rings. The quantitative estimate of drug-likeness (QED) is 0.0554. The van der Waals surface area contributed by atoms with Gasteiger partial charge >= 0.3 is 11.9 Å². The highest BCUT2D eigenvalue weighted by molar-refractivity contribution is 5.70. The largest absolute Gasteiger partial charge is 0.462 e. The van der Waals surface area contributed by atoms with Gasteiger partial charge in [0, 0.05) is 12.8 Å². The molecule has 0 aromatic heterocycles. The number of esters is 2. The normalized spacial score (nSPS) is 12.0. The van der Waals surface area contributed by atoms with Crippen LogP contribution in [0.5, 0.6) is 0 Å². The zero-order valence-corrected chi connectivity index (χ0v) is 29.7. The van der Waals surface area contributed by atoms with E-state index in [1.165, 1.54) is 161 Å². The van der Waals surface area contributed by atoms with Gasteiger partial charge in [0.25, 0.3) is 0 Å². The van der Waals surface area contributed by atoms with Crippen molar-refractivity contribution in [3.05, 3.63) is 0 Å². The fraction of sp³-hybridized carbons (Fsp3) is 0.949. The zero-order chi connectivity index (χ0) is 32.2. The Bertz CT molecular complexity index is 593. The summed E-state index contributed by atoms with van der Waals surface area (Å²) >= 11 is 0. The van der Waals surface area contributed by atoms with Gasteiger partial charge in [-0.2, -0.15) is 0 Å². The molecule has 0 aliphatic rings. The van der Waals surface area contributed by atoms with Crippen LogP contribution in [0.25, 0.3) is 0 Å². The molecule has 0 rings (SSSR count). The van der Waals surface area contributed by atoms with E-state index in [4.69, 9.17) is 9.47 Å². The van der Waals surface area contributed by atoms with Crippen LogP contribution in [0, 0.1) is 0 Å². The standard InChI is InChI=1S/C39H76O5/c1-3-5-7-9-11-13-15-17-18-19-20-21-22-24-26-28-30-32-34-39(42)44-37(35-40)36-43-38(41)33-31-29-27-25-23-16-14-12-10-8-6-4-2/h37,40H,3-36H2,1-2H3. The number of aliphatic hydroxyl groups excluding tert-OH is 1. The van der Waals surface area contributed by atoms with Gasteiger partial charge in [-0.25, -0.2) is 0 Å². The van der Waals surface area contributed by atoms with Crippen LogP contribution in [0.1, 0.15) is 219 Å². The molecule has 5 nitrogen and oxygen atoms in total. The first-order chi connectivity index (χ1) is 21.6. The van der Waals surface area contributed by atoms with Gasteiger partial charge in [-0.15, -0.1) is 0 Å². The maximum atomic E-state index is 12.2. The van der Waals surface area contributed by atoms with E-state index in [0.717, 1.165) is 32.1 Å². The number of unbranched alkanes of at least 4 members (excludes halogenated alkanes) is 28. The second-order valence-electron chi connectivity index (χ2n) is 13.4. The van der Waals surface area contributed by atoms with Crippen molar-refractivity contribution in [3.63, 3.8) is 0 Å². The van der Waals surface area contributed by atoms with E-state index in [0.29, 0.717) is 12.8 Å². The average molecular weight is 625 g/mol. The van der Waals surface area contributed by atoms with E-state index in [2.05, 4.69) is 13.8 Å². The van der Waals surface area contributed by atoms with Crippen molar-refractivity contribution in [2.75, 3.05) is 13.2 Å². The van der Waals surface area contributed by atoms with Crippen molar-refractivity contribution < 1.29 is 24.2 Å². The van der Waals surface area contributed by atoms with Gasteiger partial charge in [0.2, 0.25) is 0 Å². The number of carbonyl (C=O) groups is 2. The summed E-state index contributed by atoms with van der Waals surface area (Å²) in [6.07, 6.45) is 38.8. The lowest BCUT2D eigenvalue weighted by Crippen LogP contribution is -2.28. The Morgan fingerprint density at radius 1 is 0.432 bits per heavy atom.